The number of amides is 2. The van der Waals surface area contributed by atoms with Gasteiger partial charge in [0.15, 0.2) is 11.9 Å². The molecule has 0 aliphatic rings. The first-order chi connectivity index (χ1) is 33.3. The Balaban J connectivity index is 1.34. The zero-order chi connectivity index (χ0) is 51.3. The van der Waals surface area contributed by atoms with Gasteiger partial charge in [-0.15, -0.1) is 0 Å². The fraction of sp³-hybridized carbons (Fsp3) is 0.227. The van der Waals surface area contributed by atoms with Crippen molar-refractivity contribution in [1.82, 2.24) is 10.6 Å². The minimum atomic E-state index is -1.79. The van der Waals surface area contributed by atoms with Crippen LogP contribution in [-0.4, -0.2) is 132 Å². The van der Waals surface area contributed by atoms with Crippen LogP contribution in [-0.2, 0) is 28.7 Å². The number of nitrogens with two attached hydrogens (primary N) is 4. The standard InChI is InChI=1S/C44H46N8O18/c45-43(46)49-27-5-1-23(2-6-27)41(63)69-31-17-25(37(57)51-33(39(59)60)21-35(53)54)15-29(19-31)67-13-11-65-9-10-66-12-14-68-30-16-26(38(58)52-34(40(61)62)22-36(55)56)18-32(20-30)70-42(64)24-3-7-28(8-4-24)50-44(47)48/h1-8,15-20,33-34H,9-14,21-22H2,(H,51,57)(H,52,58)(H,53,54)(H,55,56)(H,59,60)(H,61,62)(H4,45,46,49)(H4,47,48,50)/t33-,34?/m0/s1. The van der Waals surface area contributed by atoms with E-state index in [1.165, 1.54) is 72.8 Å². The molecule has 0 radical (unpaired) electrons. The maximum absolute atomic E-state index is 13.1. The van der Waals surface area contributed by atoms with Crippen LogP contribution in [0.25, 0.3) is 0 Å². The molecule has 4 aromatic carbocycles. The summed E-state index contributed by atoms with van der Waals surface area (Å²) in [7, 11) is 0. The number of esters is 2. The number of nitrogens with zero attached hydrogens (tertiary/aromatic N) is 2. The van der Waals surface area contributed by atoms with Crippen molar-refractivity contribution in [2.75, 3.05) is 39.6 Å². The molecule has 370 valence electrons. The van der Waals surface area contributed by atoms with Gasteiger partial charge in [-0.25, -0.2) is 29.2 Å². The van der Waals surface area contributed by atoms with Crippen molar-refractivity contribution in [2.45, 2.75) is 24.9 Å². The molecule has 0 fully saturated rings. The number of ether oxygens (including phenoxy) is 6. The van der Waals surface area contributed by atoms with E-state index < -0.39 is 72.6 Å². The number of guanidine groups is 2. The molecule has 0 bridgehead atoms. The number of nitrogens with one attached hydrogen (secondary N) is 2. The molecule has 0 heterocycles. The lowest BCUT2D eigenvalue weighted by molar-refractivity contribution is -0.145. The Labute approximate surface area is 395 Å². The summed E-state index contributed by atoms with van der Waals surface area (Å²) in [5, 5.41) is 41.2. The summed E-state index contributed by atoms with van der Waals surface area (Å²) in [6, 6.07) is 14.9. The Kier molecular flexibility index (Phi) is 19.9. The third kappa shape index (κ3) is 18.2. The van der Waals surface area contributed by atoms with Gasteiger partial charge in [-0.1, -0.05) is 0 Å². The molecule has 0 spiro atoms. The zero-order valence-corrected chi connectivity index (χ0v) is 36.6. The van der Waals surface area contributed by atoms with E-state index in [2.05, 4.69) is 20.6 Å². The molecule has 2 amide bonds. The van der Waals surface area contributed by atoms with Crippen LogP contribution in [0, 0.1) is 0 Å². The lowest BCUT2D eigenvalue weighted by Crippen LogP contribution is -2.42. The van der Waals surface area contributed by atoms with Crippen LogP contribution in [0.4, 0.5) is 11.4 Å². The van der Waals surface area contributed by atoms with Crippen LogP contribution in [0.2, 0.25) is 0 Å². The predicted octanol–water partition coefficient (Wildman–Crippen LogP) is 0.741. The molecular weight excluding hydrogens is 929 g/mol. The monoisotopic (exact) mass is 974 g/mol. The second kappa shape index (κ2) is 26.1. The van der Waals surface area contributed by atoms with Crippen molar-refractivity contribution in [3.63, 3.8) is 0 Å². The smallest absolute Gasteiger partial charge is 0.343 e. The minimum Gasteiger partial charge on any atom is -0.491 e. The van der Waals surface area contributed by atoms with Gasteiger partial charge in [0.2, 0.25) is 0 Å². The molecule has 4 rings (SSSR count). The van der Waals surface area contributed by atoms with Gasteiger partial charge in [-0.2, -0.15) is 0 Å². The molecule has 14 N–H and O–H groups in total. The highest BCUT2D eigenvalue weighted by molar-refractivity contribution is 6.00. The largest absolute Gasteiger partial charge is 0.491 e. The van der Waals surface area contributed by atoms with Gasteiger partial charge >= 0.3 is 35.8 Å². The van der Waals surface area contributed by atoms with Gasteiger partial charge in [0, 0.05) is 23.3 Å². The SMILES string of the molecule is NC(N)=Nc1ccc(C(=O)Oc2cc(OCCOCCOCCOc3cc(OC(=O)c4ccc(N=C(N)N)cc4)cc(C(=O)N[C@@H](CC(=O)O)C(=O)O)c3)cc(C(=O)NC(CC(=O)O)C(=O)O)c2)cc1. The van der Waals surface area contributed by atoms with Gasteiger partial charge in [0.1, 0.15) is 48.3 Å². The molecule has 4 aromatic rings. The fourth-order valence-corrected chi connectivity index (χ4v) is 5.66. The number of hydrogen-bond donors (Lipinski definition) is 10. The van der Waals surface area contributed by atoms with Gasteiger partial charge in [0.05, 0.1) is 61.8 Å². The van der Waals surface area contributed by atoms with Crippen molar-refractivity contribution in [2.24, 2.45) is 32.9 Å². The number of aliphatic imine (C=N–C) groups is 2. The number of carboxylic acid groups (broad SMARTS) is 4. The van der Waals surface area contributed by atoms with E-state index in [9.17, 15) is 48.6 Å². The second-order valence-corrected chi connectivity index (χ2v) is 14.2. The van der Waals surface area contributed by atoms with Gasteiger partial charge in [0.25, 0.3) is 11.8 Å². The van der Waals surface area contributed by atoms with Crippen LogP contribution in [0.1, 0.15) is 54.3 Å². The highest BCUT2D eigenvalue weighted by Gasteiger charge is 2.26. The molecular formula is C44H46N8O18. The summed E-state index contributed by atoms with van der Waals surface area (Å²) >= 11 is 0. The number of hydrogen-bond acceptors (Lipinski definition) is 16. The summed E-state index contributed by atoms with van der Waals surface area (Å²) in [4.78, 5) is 105. The molecule has 0 aliphatic heterocycles. The predicted molar refractivity (Wildman–Crippen MR) is 242 cm³/mol. The molecule has 2 atom stereocenters. The second-order valence-electron chi connectivity index (χ2n) is 14.2. The average Bonchev–Trinajstić information content (AvgIpc) is 3.28. The molecule has 26 nitrogen and oxygen atoms in total. The van der Waals surface area contributed by atoms with Gasteiger partial charge < -0.3 is 82.4 Å². The van der Waals surface area contributed by atoms with Gasteiger partial charge in [-0.05, 0) is 72.8 Å². The van der Waals surface area contributed by atoms with Crippen molar-refractivity contribution >= 4 is 70.9 Å². The normalized spacial score (nSPS) is 11.4. The maximum Gasteiger partial charge on any atom is 0.343 e. The van der Waals surface area contributed by atoms with Crippen LogP contribution in [0.3, 0.4) is 0 Å². The average molecular weight is 975 g/mol. The molecule has 26 heteroatoms. The van der Waals surface area contributed by atoms with Gasteiger partial charge in [-0.3, -0.25) is 19.2 Å². The minimum absolute atomic E-state index is 0.0136. The van der Waals surface area contributed by atoms with E-state index in [4.69, 9.17) is 61.6 Å². The summed E-state index contributed by atoms with van der Waals surface area (Å²) in [5.74, 6) is -10.7. The Bertz CT molecular complexity index is 2440. The number of carbonyl (C=O) groups is 8. The van der Waals surface area contributed by atoms with E-state index in [1.54, 1.807) is 0 Å². The first kappa shape index (κ1) is 53.3. The number of aliphatic carboxylic acids is 4. The Morgan fingerprint density at radius 1 is 0.457 bits per heavy atom. The summed E-state index contributed by atoms with van der Waals surface area (Å²) in [6.07, 6.45) is -1.84. The first-order valence-corrected chi connectivity index (χ1v) is 20.3. The van der Waals surface area contributed by atoms with Crippen molar-refractivity contribution in [3.8, 4) is 23.0 Å². The molecule has 70 heavy (non-hydrogen) atoms. The Hall–Kier alpha value is -9.30. The third-order valence-electron chi connectivity index (χ3n) is 8.76. The number of carbonyl (C=O) groups excluding carboxylic acids is 4. The van der Waals surface area contributed by atoms with E-state index in [0.29, 0.717) is 11.4 Å². The molecule has 0 saturated carbocycles. The van der Waals surface area contributed by atoms with E-state index in [1.807, 2.05) is 0 Å². The van der Waals surface area contributed by atoms with Crippen molar-refractivity contribution in [1.29, 1.82) is 0 Å². The summed E-state index contributed by atoms with van der Waals surface area (Å²) in [5.41, 5.74) is 21.9. The van der Waals surface area contributed by atoms with Crippen LogP contribution >= 0.6 is 0 Å². The lowest BCUT2D eigenvalue weighted by Gasteiger charge is -2.15. The van der Waals surface area contributed by atoms with Crippen molar-refractivity contribution in [3.05, 3.63) is 107 Å². The lowest BCUT2D eigenvalue weighted by atomic mass is 10.1. The van der Waals surface area contributed by atoms with E-state index >= 15 is 0 Å². The number of benzene rings is 4. The highest BCUT2D eigenvalue weighted by Crippen LogP contribution is 2.27. The first-order valence-electron chi connectivity index (χ1n) is 20.3. The quantitative estimate of drug-likeness (QED) is 0.0129. The van der Waals surface area contributed by atoms with E-state index in [-0.39, 0.29) is 96.8 Å². The Morgan fingerprint density at radius 2 is 0.786 bits per heavy atom. The summed E-state index contributed by atoms with van der Waals surface area (Å²) in [6.45, 7) is -0.206. The number of rotatable bonds is 27. The maximum atomic E-state index is 13.1. The third-order valence-corrected chi connectivity index (χ3v) is 8.76. The zero-order valence-electron chi connectivity index (χ0n) is 36.6. The number of carboxylic acids is 4. The van der Waals surface area contributed by atoms with Crippen molar-refractivity contribution < 1.29 is 87.2 Å². The molecule has 0 saturated heterocycles. The molecule has 1 unspecified atom stereocenters. The molecule has 0 aromatic heterocycles. The van der Waals surface area contributed by atoms with Crippen LogP contribution < -0.4 is 52.5 Å². The van der Waals surface area contributed by atoms with Crippen LogP contribution in [0.15, 0.2) is 94.9 Å². The highest BCUT2D eigenvalue weighted by atomic mass is 16.6. The Morgan fingerprint density at radius 3 is 1.10 bits per heavy atom. The van der Waals surface area contributed by atoms with E-state index in [0.717, 1.165) is 12.1 Å². The van der Waals surface area contributed by atoms with Crippen LogP contribution in [0.5, 0.6) is 23.0 Å². The molecule has 0 aliphatic carbocycles. The fourth-order valence-electron chi connectivity index (χ4n) is 5.66. The summed E-state index contributed by atoms with van der Waals surface area (Å²) < 4.78 is 33.4. The topological polar surface area (TPSA) is 426 Å².